The van der Waals surface area contributed by atoms with Crippen LogP contribution in [-0.4, -0.2) is 0 Å². The Kier molecular flexibility index (Phi) is 6.37. The van der Waals surface area contributed by atoms with E-state index in [2.05, 4.69) is 12.2 Å². The van der Waals surface area contributed by atoms with E-state index in [1.165, 1.54) is 51.4 Å². The molecule has 0 aromatic rings. The van der Waals surface area contributed by atoms with Gasteiger partial charge in [-0.2, -0.15) is 0 Å². The van der Waals surface area contributed by atoms with Gasteiger partial charge in [-0.05, 0) is 50.4 Å². The van der Waals surface area contributed by atoms with E-state index in [0.717, 1.165) is 11.8 Å². The normalized spacial score (nSPS) is 30.0. The summed E-state index contributed by atoms with van der Waals surface area (Å²) in [4.78, 5) is 0. The molecule has 0 heterocycles. The molecule has 0 N–H and O–H groups in total. The van der Waals surface area contributed by atoms with Gasteiger partial charge in [0.1, 0.15) is 0 Å². The van der Waals surface area contributed by atoms with Crippen LogP contribution in [-0.2, 0) is 16.8 Å². The van der Waals surface area contributed by atoms with Crippen molar-refractivity contribution in [3.8, 4) is 0 Å². The summed E-state index contributed by atoms with van der Waals surface area (Å²) < 4.78 is 0. The number of allylic oxidation sites excluding steroid dienone is 8. The second kappa shape index (κ2) is 8.04. The van der Waals surface area contributed by atoms with Gasteiger partial charge in [0.15, 0.2) is 0 Å². The van der Waals surface area contributed by atoms with E-state index in [9.17, 15) is 0 Å². The standard InChI is InChI=1S/C14H20.C5H5.Co/c1-3-7-13-11(5-1)9-10-12-6-2-4-8-14(12)13;1-2-4-5-3-1;/h9-10,13-14H,1-8H2;1-5H;/t13-,14+;;. The Morgan fingerprint density at radius 1 is 0.650 bits per heavy atom. The van der Waals surface area contributed by atoms with Crippen LogP contribution in [0.1, 0.15) is 51.4 Å². The second-order valence-electron chi connectivity index (χ2n) is 6.15. The molecule has 0 aromatic heterocycles. The smallest absolute Gasteiger partial charge is 0.00506 e. The molecule has 0 unspecified atom stereocenters. The molecule has 1 heteroatoms. The van der Waals surface area contributed by atoms with Crippen molar-refractivity contribution in [2.24, 2.45) is 11.8 Å². The first-order valence-corrected chi connectivity index (χ1v) is 8.01. The van der Waals surface area contributed by atoms with Crippen molar-refractivity contribution in [2.75, 3.05) is 0 Å². The predicted molar refractivity (Wildman–Crippen MR) is 82.7 cm³/mol. The van der Waals surface area contributed by atoms with Crippen molar-refractivity contribution in [1.82, 2.24) is 0 Å². The average Bonchev–Trinajstić information content (AvgIpc) is 3.07. The quantitative estimate of drug-likeness (QED) is 0.550. The Hall–Kier alpha value is -0.534. The minimum atomic E-state index is 0. The van der Waals surface area contributed by atoms with Gasteiger partial charge in [0.2, 0.25) is 0 Å². The molecule has 0 aliphatic heterocycles. The molecule has 4 aliphatic carbocycles. The van der Waals surface area contributed by atoms with Gasteiger partial charge >= 0.3 is 0 Å². The van der Waals surface area contributed by atoms with E-state index in [0.29, 0.717) is 0 Å². The van der Waals surface area contributed by atoms with E-state index < -0.39 is 0 Å². The van der Waals surface area contributed by atoms with Gasteiger partial charge in [-0.25, -0.2) is 0 Å². The molecule has 2 atom stereocenters. The van der Waals surface area contributed by atoms with Crippen LogP contribution in [0.5, 0.6) is 0 Å². The van der Waals surface area contributed by atoms with Crippen LogP contribution < -0.4 is 0 Å². The monoisotopic (exact) mass is 312 g/mol. The zero-order chi connectivity index (χ0) is 12.9. The molecular formula is C19H25Co. The Morgan fingerprint density at radius 2 is 1.15 bits per heavy atom. The molecule has 20 heavy (non-hydrogen) atoms. The van der Waals surface area contributed by atoms with Crippen molar-refractivity contribution in [2.45, 2.75) is 51.4 Å². The van der Waals surface area contributed by atoms with Crippen molar-refractivity contribution in [1.29, 1.82) is 0 Å². The van der Waals surface area contributed by atoms with Gasteiger partial charge in [0.25, 0.3) is 0 Å². The zero-order valence-corrected chi connectivity index (χ0v) is 13.2. The molecule has 2 saturated carbocycles. The van der Waals surface area contributed by atoms with Crippen LogP contribution in [0.25, 0.3) is 0 Å². The maximum atomic E-state index is 2.46. The molecule has 0 bridgehead atoms. The summed E-state index contributed by atoms with van der Waals surface area (Å²) in [5, 5.41) is 0. The Balaban J connectivity index is 0.000000210. The van der Waals surface area contributed by atoms with Gasteiger partial charge in [-0.3, -0.25) is 0 Å². The topological polar surface area (TPSA) is 0 Å². The number of hydrogen-bond acceptors (Lipinski definition) is 0. The van der Waals surface area contributed by atoms with Crippen LogP contribution >= 0.6 is 0 Å². The SMILES string of the molecule is C1=C2CCCC[C@H]2[C@H]2CCCCC2=C1.[CH]1C=CC=C1.[Co]. The Bertz CT molecular complexity index is 385. The van der Waals surface area contributed by atoms with E-state index in [4.69, 9.17) is 0 Å². The van der Waals surface area contributed by atoms with Crippen molar-refractivity contribution in [3.63, 3.8) is 0 Å². The first-order valence-electron chi connectivity index (χ1n) is 8.01. The van der Waals surface area contributed by atoms with E-state index in [1.807, 2.05) is 30.7 Å². The fraction of sp³-hybridized carbons (Fsp3) is 0.526. The van der Waals surface area contributed by atoms with Crippen LogP contribution in [0, 0.1) is 18.3 Å². The van der Waals surface area contributed by atoms with Gasteiger partial charge in [0.05, 0.1) is 0 Å². The third-order valence-electron chi connectivity index (χ3n) is 4.97. The number of fused-ring (bicyclic) bond motifs is 3. The molecule has 110 valence electrons. The minimum absolute atomic E-state index is 0. The van der Waals surface area contributed by atoms with Crippen LogP contribution in [0.15, 0.2) is 47.6 Å². The molecule has 0 spiro atoms. The Labute approximate surface area is 134 Å². The predicted octanol–water partition coefficient (Wildman–Crippen LogP) is 5.55. The summed E-state index contributed by atoms with van der Waals surface area (Å²) in [6.07, 6.45) is 26.5. The Morgan fingerprint density at radius 3 is 1.55 bits per heavy atom. The first kappa shape index (κ1) is 15.8. The van der Waals surface area contributed by atoms with Gasteiger partial charge in [-0.15, -0.1) is 0 Å². The maximum absolute atomic E-state index is 2.46. The average molecular weight is 312 g/mol. The molecule has 2 radical (unpaired) electrons. The van der Waals surface area contributed by atoms with E-state index in [-0.39, 0.29) is 16.8 Å². The largest absolute Gasteiger partial charge is 0.0767 e. The third-order valence-corrected chi connectivity index (χ3v) is 4.97. The van der Waals surface area contributed by atoms with Crippen molar-refractivity contribution >= 4 is 0 Å². The fourth-order valence-corrected chi connectivity index (χ4v) is 4.00. The summed E-state index contributed by atoms with van der Waals surface area (Å²) in [6, 6.07) is 0. The van der Waals surface area contributed by atoms with Gasteiger partial charge < -0.3 is 0 Å². The molecule has 0 nitrogen and oxygen atoms in total. The number of rotatable bonds is 0. The molecule has 4 aliphatic rings. The third kappa shape index (κ3) is 3.77. The molecule has 2 fully saturated rings. The summed E-state index contributed by atoms with van der Waals surface area (Å²) in [5.74, 6) is 1.92. The summed E-state index contributed by atoms with van der Waals surface area (Å²) >= 11 is 0. The van der Waals surface area contributed by atoms with Crippen LogP contribution in [0.3, 0.4) is 0 Å². The molecule has 4 rings (SSSR count). The molecular weight excluding hydrogens is 287 g/mol. The van der Waals surface area contributed by atoms with Gasteiger partial charge in [0, 0.05) is 23.2 Å². The summed E-state index contributed by atoms with van der Waals surface area (Å²) in [7, 11) is 0. The number of hydrogen-bond donors (Lipinski definition) is 0. The van der Waals surface area contributed by atoms with Crippen molar-refractivity contribution in [3.05, 3.63) is 54.0 Å². The first-order chi connectivity index (χ1) is 9.45. The van der Waals surface area contributed by atoms with Gasteiger partial charge in [-0.1, -0.05) is 60.4 Å². The second-order valence-corrected chi connectivity index (χ2v) is 6.15. The fourth-order valence-electron chi connectivity index (χ4n) is 4.00. The summed E-state index contributed by atoms with van der Waals surface area (Å²) in [5.41, 5.74) is 3.57. The molecule has 0 saturated heterocycles. The molecule has 0 aromatic carbocycles. The van der Waals surface area contributed by atoms with E-state index >= 15 is 0 Å². The molecule has 0 amide bonds. The zero-order valence-electron chi connectivity index (χ0n) is 12.2. The van der Waals surface area contributed by atoms with E-state index in [1.54, 1.807) is 11.1 Å². The van der Waals surface area contributed by atoms with Crippen LogP contribution in [0.4, 0.5) is 0 Å². The summed E-state index contributed by atoms with van der Waals surface area (Å²) in [6.45, 7) is 0. The minimum Gasteiger partial charge on any atom is -0.0767 e. The van der Waals surface area contributed by atoms with Crippen LogP contribution in [0.2, 0.25) is 0 Å². The van der Waals surface area contributed by atoms with Crippen molar-refractivity contribution < 1.29 is 16.8 Å². The maximum Gasteiger partial charge on any atom is 0.00506 e.